The topological polar surface area (TPSA) is 132 Å². The standard InChI is InChI=1S/C20H18FN5O4S/c1-29-13-4-5-14(21)18(9-13)31(27,28)26-12-3-6-15(23-10-12)11-7-16-19(17(8-11)30-2)20(22)25-24-16/h3-10,26H,1-2H3,(H3,22,24,25). The van der Waals surface area contributed by atoms with Crippen molar-refractivity contribution in [2.75, 3.05) is 24.7 Å². The number of hydrogen-bond acceptors (Lipinski definition) is 7. The molecule has 0 aliphatic rings. The van der Waals surface area contributed by atoms with Crippen molar-refractivity contribution in [2.45, 2.75) is 4.90 Å². The number of nitrogens with zero attached hydrogens (tertiary/aromatic N) is 2. The highest BCUT2D eigenvalue weighted by Gasteiger charge is 2.20. The second kappa shape index (κ2) is 7.76. The van der Waals surface area contributed by atoms with Crippen molar-refractivity contribution in [3.05, 3.63) is 54.5 Å². The molecule has 4 rings (SSSR count). The maximum Gasteiger partial charge on any atom is 0.265 e. The lowest BCUT2D eigenvalue weighted by Crippen LogP contribution is -2.15. The zero-order chi connectivity index (χ0) is 22.2. The highest BCUT2D eigenvalue weighted by Crippen LogP contribution is 2.34. The van der Waals surface area contributed by atoms with E-state index in [1.807, 2.05) is 0 Å². The number of ether oxygens (including phenoxy) is 2. The van der Waals surface area contributed by atoms with Gasteiger partial charge in [0.05, 0.1) is 42.7 Å². The first-order chi connectivity index (χ1) is 14.8. The molecule has 4 aromatic rings. The molecule has 0 aliphatic carbocycles. The van der Waals surface area contributed by atoms with Gasteiger partial charge in [0.25, 0.3) is 10.0 Å². The Morgan fingerprint density at radius 1 is 1.10 bits per heavy atom. The maximum atomic E-state index is 14.1. The summed E-state index contributed by atoms with van der Waals surface area (Å²) in [6.45, 7) is 0. The predicted molar refractivity (Wildman–Crippen MR) is 114 cm³/mol. The fourth-order valence-electron chi connectivity index (χ4n) is 3.10. The molecule has 0 spiro atoms. The highest BCUT2D eigenvalue weighted by molar-refractivity contribution is 7.92. The summed E-state index contributed by atoms with van der Waals surface area (Å²) in [7, 11) is -1.30. The molecule has 0 saturated carbocycles. The van der Waals surface area contributed by atoms with E-state index in [1.165, 1.54) is 32.5 Å². The molecule has 2 aromatic carbocycles. The summed E-state index contributed by atoms with van der Waals surface area (Å²) in [5.41, 5.74) is 7.97. The number of pyridine rings is 1. The maximum absolute atomic E-state index is 14.1. The first-order valence-electron chi connectivity index (χ1n) is 8.97. The number of H-pyrrole nitrogens is 1. The Morgan fingerprint density at radius 3 is 2.58 bits per heavy atom. The van der Waals surface area contributed by atoms with Gasteiger partial charge in [0.15, 0.2) is 5.82 Å². The van der Waals surface area contributed by atoms with Gasteiger partial charge >= 0.3 is 0 Å². The van der Waals surface area contributed by atoms with Gasteiger partial charge in [-0.15, -0.1) is 0 Å². The summed E-state index contributed by atoms with van der Waals surface area (Å²) in [6.07, 6.45) is 1.34. The van der Waals surface area contributed by atoms with E-state index >= 15 is 0 Å². The van der Waals surface area contributed by atoms with Crippen LogP contribution in [0.3, 0.4) is 0 Å². The number of nitrogens with one attached hydrogen (secondary N) is 2. The fourth-order valence-corrected chi connectivity index (χ4v) is 4.24. The molecule has 0 aliphatic heterocycles. The third kappa shape index (κ3) is 3.82. The molecule has 2 heterocycles. The minimum Gasteiger partial charge on any atom is -0.497 e. The number of aromatic nitrogens is 3. The minimum absolute atomic E-state index is 0.171. The van der Waals surface area contributed by atoms with Crippen LogP contribution in [-0.2, 0) is 10.0 Å². The summed E-state index contributed by atoms with van der Waals surface area (Å²) in [5, 5.41) is 7.47. The van der Waals surface area contributed by atoms with Crippen LogP contribution in [-0.4, -0.2) is 37.8 Å². The molecule has 0 fully saturated rings. The molecule has 0 radical (unpaired) electrons. The van der Waals surface area contributed by atoms with Gasteiger partial charge in [0.2, 0.25) is 0 Å². The molecule has 31 heavy (non-hydrogen) atoms. The summed E-state index contributed by atoms with van der Waals surface area (Å²) in [4.78, 5) is 3.78. The van der Waals surface area contributed by atoms with E-state index in [0.29, 0.717) is 33.7 Å². The van der Waals surface area contributed by atoms with Crippen molar-refractivity contribution >= 4 is 32.4 Å². The molecule has 4 N–H and O–H groups in total. The zero-order valence-electron chi connectivity index (χ0n) is 16.5. The number of rotatable bonds is 6. The highest BCUT2D eigenvalue weighted by atomic mass is 32.2. The van der Waals surface area contributed by atoms with Gasteiger partial charge in [-0.25, -0.2) is 12.8 Å². The van der Waals surface area contributed by atoms with E-state index in [9.17, 15) is 12.8 Å². The van der Waals surface area contributed by atoms with Gasteiger partial charge in [-0.05, 0) is 36.4 Å². The molecule has 0 amide bonds. The summed E-state index contributed by atoms with van der Waals surface area (Å²) >= 11 is 0. The van der Waals surface area contributed by atoms with E-state index in [4.69, 9.17) is 15.2 Å². The summed E-state index contributed by atoms with van der Waals surface area (Å²) < 4.78 is 52.0. The molecular formula is C20H18FN5O4S. The third-order valence-corrected chi connectivity index (χ3v) is 6.01. The summed E-state index contributed by atoms with van der Waals surface area (Å²) in [5.74, 6) is 0.177. The lowest BCUT2D eigenvalue weighted by atomic mass is 10.1. The number of benzene rings is 2. The van der Waals surface area contributed by atoms with Gasteiger partial charge in [-0.1, -0.05) is 0 Å². The number of aromatic amines is 1. The van der Waals surface area contributed by atoms with Gasteiger partial charge in [0, 0.05) is 11.6 Å². The van der Waals surface area contributed by atoms with Gasteiger partial charge < -0.3 is 15.2 Å². The van der Waals surface area contributed by atoms with Crippen molar-refractivity contribution in [3.8, 4) is 22.8 Å². The molecule has 160 valence electrons. The van der Waals surface area contributed by atoms with Crippen LogP contribution in [0.5, 0.6) is 11.5 Å². The number of nitrogens with two attached hydrogens (primary N) is 1. The molecule has 2 aromatic heterocycles. The molecule has 9 nitrogen and oxygen atoms in total. The van der Waals surface area contributed by atoms with Crippen LogP contribution in [0.2, 0.25) is 0 Å². The normalized spacial score (nSPS) is 11.5. The molecule has 11 heteroatoms. The van der Waals surface area contributed by atoms with Crippen molar-refractivity contribution in [1.82, 2.24) is 15.2 Å². The van der Waals surface area contributed by atoms with Crippen molar-refractivity contribution in [2.24, 2.45) is 0 Å². The van der Waals surface area contributed by atoms with E-state index < -0.39 is 20.7 Å². The molecule has 0 bridgehead atoms. The number of nitrogen functional groups attached to an aromatic ring is 1. The van der Waals surface area contributed by atoms with Crippen LogP contribution in [0.4, 0.5) is 15.9 Å². The Hall–Kier alpha value is -3.86. The molecule has 0 atom stereocenters. The van der Waals surface area contributed by atoms with Crippen molar-refractivity contribution in [1.29, 1.82) is 0 Å². The van der Waals surface area contributed by atoms with Crippen LogP contribution in [0.25, 0.3) is 22.2 Å². The van der Waals surface area contributed by atoms with Gasteiger partial charge in [-0.3, -0.25) is 14.8 Å². The Labute approximate surface area is 177 Å². The number of halogens is 1. The van der Waals surface area contributed by atoms with E-state index in [0.717, 1.165) is 12.1 Å². The van der Waals surface area contributed by atoms with E-state index in [-0.39, 0.29) is 11.4 Å². The first kappa shape index (κ1) is 20.4. The van der Waals surface area contributed by atoms with Gasteiger partial charge in [-0.2, -0.15) is 5.10 Å². The largest absolute Gasteiger partial charge is 0.497 e. The monoisotopic (exact) mass is 443 g/mol. The van der Waals surface area contributed by atoms with E-state index in [2.05, 4.69) is 19.9 Å². The molecule has 0 unspecified atom stereocenters. The SMILES string of the molecule is COc1ccc(F)c(S(=O)(=O)Nc2ccc(-c3cc(OC)c4c(N)n[nH]c4c3)nc2)c1. The average Bonchev–Trinajstić information content (AvgIpc) is 3.14. The minimum atomic E-state index is -4.18. The number of fused-ring (bicyclic) bond motifs is 1. The predicted octanol–water partition coefficient (Wildman–Crippen LogP) is 3.16. The Kier molecular flexibility index (Phi) is 5.11. The Bertz CT molecular complexity index is 1370. The van der Waals surface area contributed by atoms with E-state index in [1.54, 1.807) is 18.2 Å². The Morgan fingerprint density at radius 2 is 1.90 bits per heavy atom. The van der Waals surface area contributed by atoms with Crippen LogP contribution in [0.1, 0.15) is 0 Å². The second-order valence-corrected chi connectivity index (χ2v) is 8.19. The number of anilines is 2. The summed E-state index contributed by atoms with van der Waals surface area (Å²) in [6, 6.07) is 10.2. The van der Waals surface area contributed by atoms with Crippen LogP contribution < -0.4 is 19.9 Å². The first-order valence-corrected chi connectivity index (χ1v) is 10.4. The lowest BCUT2D eigenvalue weighted by molar-refractivity contribution is 0.411. The van der Waals surface area contributed by atoms with Crippen molar-refractivity contribution in [3.63, 3.8) is 0 Å². The number of sulfonamides is 1. The third-order valence-electron chi connectivity index (χ3n) is 4.61. The second-order valence-electron chi connectivity index (χ2n) is 6.54. The van der Waals surface area contributed by atoms with Crippen LogP contribution in [0.15, 0.2) is 53.6 Å². The van der Waals surface area contributed by atoms with Gasteiger partial charge in [0.1, 0.15) is 22.2 Å². The van der Waals surface area contributed by atoms with Crippen LogP contribution >= 0.6 is 0 Å². The van der Waals surface area contributed by atoms with Crippen LogP contribution in [0, 0.1) is 5.82 Å². The zero-order valence-corrected chi connectivity index (χ0v) is 17.3. The van der Waals surface area contributed by atoms with Crippen molar-refractivity contribution < 1.29 is 22.3 Å². The lowest BCUT2D eigenvalue weighted by Gasteiger charge is -2.11. The number of hydrogen-bond donors (Lipinski definition) is 3. The fraction of sp³-hybridized carbons (Fsp3) is 0.100. The Balaban J connectivity index is 1.64. The average molecular weight is 443 g/mol. The smallest absolute Gasteiger partial charge is 0.265 e. The quantitative estimate of drug-likeness (QED) is 0.417. The molecule has 0 saturated heterocycles. The number of methoxy groups -OCH3 is 2. The molecular weight excluding hydrogens is 425 g/mol.